The Kier molecular flexibility index (Phi) is 8.70. The number of guanidine groups is 1. The van der Waals surface area contributed by atoms with Crippen LogP contribution < -0.4 is 10.6 Å². The van der Waals surface area contributed by atoms with Gasteiger partial charge in [0.25, 0.3) is 0 Å². The summed E-state index contributed by atoms with van der Waals surface area (Å²) in [5.74, 6) is 2.31. The average molecular weight is 400 g/mol. The third-order valence-electron chi connectivity index (χ3n) is 5.07. The zero-order valence-corrected chi connectivity index (χ0v) is 18.8. The van der Waals surface area contributed by atoms with Gasteiger partial charge in [-0.05, 0) is 25.1 Å². The van der Waals surface area contributed by atoms with Gasteiger partial charge in [-0.1, -0.05) is 65.0 Å². The summed E-state index contributed by atoms with van der Waals surface area (Å²) >= 11 is 0. The van der Waals surface area contributed by atoms with E-state index in [0.29, 0.717) is 18.5 Å². The molecule has 1 aromatic heterocycles. The maximum Gasteiger partial charge on any atom is 0.213 e. The molecule has 0 bridgehead atoms. The molecule has 0 saturated carbocycles. The van der Waals surface area contributed by atoms with Crippen molar-refractivity contribution in [1.29, 1.82) is 0 Å². The van der Waals surface area contributed by atoms with Gasteiger partial charge in [0.05, 0.1) is 12.7 Å². The Hall–Kier alpha value is -2.34. The minimum Gasteiger partial charge on any atom is -0.443 e. The smallest absolute Gasteiger partial charge is 0.213 e. The van der Waals surface area contributed by atoms with Gasteiger partial charge in [0.15, 0.2) is 5.96 Å². The van der Waals surface area contributed by atoms with Gasteiger partial charge in [0.2, 0.25) is 5.89 Å². The Labute approximate surface area is 175 Å². The summed E-state index contributed by atoms with van der Waals surface area (Å²) < 4.78 is 5.86. The lowest BCUT2D eigenvalue weighted by atomic mass is 9.94. The maximum absolute atomic E-state index is 5.86. The van der Waals surface area contributed by atoms with Gasteiger partial charge in [-0.3, -0.25) is 9.89 Å². The fourth-order valence-electron chi connectivity index (χ4n) is 3.29. The fraction of sp³-hybridized carbons (Fsp3) is 0.565. The van der Waals surface area contributed by atoms with Crippen molar-refractivity contribution >= 4 is 5.96 Å². The SMILES string of the molecule is CCN(CC)C(CNC(=NC)NCc1ncc(C(C)(C)C)o1)Cc1ccccc1. The lowest BCUT2D eigenvalue weighted by Gasteiger charge is -2.30. The van der Waals surface area contributed by atoms with E-state index in [-0.39, 0.29) is 5.41 Å². The number of nitrogens with zero attached hydrogens (tertiary/aromatic N) is 3. The number of nitrogens with one attached hydrogen (secondary N) is 2. The Balaban J connectivity index is 1.94. The molecule has 1 aromatic carbocycles. The van der Waals surface area contributed by atoms with E-state index >= 15 is 0 Å². The summed E-state index contributed by atoms with van der Waals surface area (Å²) in [6.07, 6.45) is 2.81. The van der Waals surface area contributed by atoms with Gasteiger partial charge in [-0.25, -0.2) is 4.98 Å². The number of hydrogen-bond donors (Lipinski definition) is 2. The highest BCUT2D eigenvalue weighted by molar-refractivity contribution is 5.79. The second-order valence-corrected chi connectivity index (χ2v) is 8.24. The molecule has 0 aliphatic rings. The van der Waals surface area contributed by atoms with Gasteiger partial charge in [-0.2, -0.15) is 0 Å². The number of rotatable bonds is 9. The van der Waals surface area contributed by atoms with Crippen molar-refractivity contribution in [3.05, 3.63) is 53.7 Å². The predicted molar refractivity (Wildman–Crippen MR) is 120 cm³/mol. The molecule has 29 heavy (non-hydrogen) atoms. The standard InChI is InChI=1S/C23H37N5O/c1-7-28(8-2)19(14-18-12-10-9-11-13-18)15-26-22(24-6)27-17-21-25-16-20(29-21)23(3,4)5/h9-13,16,19H,7-8,14-15,17H2,1-6H3,(H2,24,26,27). The van der Waals surface area contributed by atoms with Crippen molar-refractivity contribution in [1.82, 2.24) is 20.5 Å². The molecule has 0 fully saturated rings. The summed E-state index contributed by atoms with van der Waals surface area (Å²) in [5.41, 5.74) is 1.31. The molecular weight excluding hydrogens is 362 g/mol. The molecule has 1 unspecified atom stereocenters. The molecule has 6 nitrogen and oxygen atoms in total. The highest BCUT2D eigenvalue weighted by Crippen LogP contribution is 2.22. The first-order valence-corrected chi connectivity index (χ1v) is 10.5. The first kappa shape index (κ1) is 22.9. The molecule has 160 valence electrons. The molecule has 2 N–H and O–H groups in total. The highest BCUT2D eigenvalue weighted by Gasteiger charge is 2.20. The number of aliphatic imine (C=N–C) groups is 1. The first-order chi connectivity index (χ1) is 13.9. The average Bonchev–Trinajstić information content (AvgIpc) is 3.19. The van der Waals surface area contributed by atoms with Gasteiger partial charge >= 0.3 is 0 Å². The summed E-state index contributed by atoms with van der Waals surface area (Å²) in [7, 11) is 1.79. The molecule has 2 rings (SSSR count). The van der Waals surface area contributed by atoms with Gasteiger partial charge < -0.3 is 15.1 Å². The maximum atomic E-state index is 5.86. The van der Waals surface area contributed by atoms with E-state index in [9.17, 15) is 0 Å². The summed E-state index contributed by atoms with van der Waals surface area (Å²) in [6.45, 7) is 14.1. The number of aromatic nitrogens is 1. The molecule has 0 amide bonds. The van der Waals surface area contributed by atoms with E-state index in [2.05, 4.69) is 90.5 Å². The minimum atomic E-state index is -0.0421. The first-order valence-electron chi connectivity index (χ1n) is 10.5. The molecule has 2 aromatic rings. The van der Waals surface area contributed by atoms with E-state index in [1.807, 2.05) is 6.20 Å². The van der Waals surface area contributed by atoms with Crippen molar-refractivity contribution in [3.8, 4) is 0 Å². The van der Waals surface area contributed by atoms with E-state index < -0.39 is 0 Å². The minimum absolute atomic E-state index is 0.0421. The van der Waals surface area contributed by atoms with Crippen LogP contribution in [0.5, 0.6) is 0 Å². The van der Waals surface area contributed by atoms with Crippen LogP contribution in [0.3, 0.4) is 0 Å². The molecule has 1 heterocycles. The largest absolute Gasteiger partial charge is 0.443 e. The quantitative estimate of drug-likeness (QED) is 0.498. The molecular formula is C23H37N5O. The second kappa shape index (κ2) is 11.0. The predicted octanol–water partition coefficient (Wildman–Crippen LogP) is 3.59. The summed E-state index contributed by atoms with van der Waals surface area (Å²) in [6, 6.07) is 11.0. The van der Waals surface area contributed by atoms with Gasteiger partial charge in [0.1, 0.15) is 5.76 Å². The highest BCUT2D eigenvalue weighted by atomic mass is 16.4. The fourth-order valence-corrected chi connectivity index (χ4v) is 3.29. The number of likely N-dealkylation sites (N-methyl/N-ethyl adjacent to an activating group) is 1. The zero-order valence-electron chi connectivity index (χ0n) is 18.8. The third-order valence-corrected chi connectivity index (χ3v) is 5.07. The Morgan fingerprint density at radius 2 is 1.83 bits per heavy atom. The summed E-state index contributed by atoms with van der Waals surface area (Å²) in [5, 5.41) is 6.78. The zero-order chi connectivity index (χ0) is 21.3. The Morgan fingerprint density at radius 1 is 1.14 bits per heavy atom. The number of hydrogen-bond acceptors (Lipinski definition) is 4. The van der Waals surface area contributed by atoms with E-state index in [1.54, 1.807) is 7.05 Å². The number of oxazole rings is 1. The van der Waals surface area contributed by atoms with E-state index in [1.165, 1.54) is 5.56 Å². The molecule has 0 radical (unpaired) electrons. The molecule has 0 aliphatic heterocycles. The van der Waals surface area contributed by atoms with Crippen LogP contribution in [0.15, 0.2) is 45.9 Å². The Morgan fingerprint density at radius 3 is 2.38 bits per heavy atom. The lowest BCUT2D eigenvalue weighted by molar-refractivity contribution is 0.215. The molecule has 1 atom stereocenters. The summed E-state index contributed by atoms with van der Waals surface area (Å²) in [4.78, 5) is 11.2. The van der Waals surface area contributed by atoms with Crippen LogP contribution in [0.1, 0.15) is 51.8 Å². The molecule has 0 spiro atoms. The molecule has 6 heteroatoms. The molecule has 0 aliphatic carbocycles. The van der Waals surface area contributed by atoms with Crippen LogP contribution in [0, 0.1) is 0 Å². The van der Waals surface area contributed by atoms with Crippen molar-refractivity contribution in [2.75, 3.05) is 26.7 Å². The third kappa shape index (κ3) is 7.20. The monoisotopic (exact) mass is 399 g/mol. The van der Waals surface area contributed by atoms with E-state index in [0.717, 1.165) is 37.8 Å². The van der Waals surface area contributed by atoms with Crippen molar-refractivity contribution in [2.45, 2.75) is 59.0 Å². The van der Waals surface area contributed by atoms with Crippen molar-refractivity contribution in [2.24, 2.45) is 4.99 Å². The van der Waals surface area contributed by atoms with Crippen molar-refractivity contribution < 1.29 is 4.42 Å². The molecule has 0 saturated heterocycles. The van der Waals surface area contributed by atoms with Crippen LogP contribution in [-0.4, -0.2) is 48.6 Å². The van der Waals surface area contributed by atoms with E-state index in [4.69, 9.17) is 4.42 Å². The Bertz CT molecular complexity index is 744. The van der Waals surface area contributed by atoms with Gasteiger partial charge in [-0.15, -0.1) is 0 Å². The van der Waals surface area contributed by atoms with Crippen LogP contribution in [0.4, 0.5) is 0 Å². The number of benzene rings is 1. The van der Waals surface area contributed by atoms with Crippen LogP contribution in [0.25, 0.3) is 0 Å². The second-order valence-electron chi connectivity index (χ2n) is 8.24. The van der Waals surface area contributed by atoms with Crippen LogP contribution >= 0.6 is 0 Å². The normalized spacial score (nSPS) is 13.6. The topological polar surface area (TPSA) is 65.7 Å². The van der Waals surface area contributed by atoms with Crippen LogP contribution in [0.2, 0.25) is 0 Å². The van der Waals surface area contributed by atoms with Crippen molar-refractivity contribution in [3.63, 3.8) is 0 Å². The lowest BCUT2D eigenvalue weighted by Crippen LogP contribution is -2.48. The van der Waals surface area contributed by atoms with Crippen LogP contribution in [-0.2, 0) is 18.4 Å². The van der Waals surface area contributed by atoms with Gasteiger partial charge in [0, 0.05) is 25.0 Å².